The highest BCUT2D eigenvalue weighted by Gasteiger charge is 2.42. The van der Waals surface area contributed by atoms with E-state index in [1.54, 1.807) is 19.2 Å². The fourth-order valence-electron chi connectivity index (χ4n) is 4.67. The monoisotopic (exact) mass is 406 g/mol. The van der Waals surface area contributed by atoms with E-state index in [-0.39, 0.29) is 11.9 Å². The number of fused-ring (bicyclic) bond motifs is 1. The van der Waals surface area contributed by atoms with Crippen molar-refractivity contribution in [1.29, 1.82) is 0 Å². The van der Waals surface area contributed by atoms with E-state index in [0.29, 0.717) is 28.2 Å². The van der Waals surface area contributed by atoms with Gasteiger partial charge in [0.25, 0.3) is 5.91 Å². The molecule has 2 aromatic heterocycles. The number of hydrogen-bond acceptors (Lipinski definition) is 5. The van der Waals surface area contributed by atoms with Crippen LogP contribution in [0.2, 0.25) is 5.02 Å². The van der Waals surface area contributed by atoms with Crippen LogP contribution in [-0.2, 0) is 6.54 Å². The van der Waals surface area contributed by atoms with Gasteiger partial charge in [0.15, 0.2) is 0 Å². The molecule has 0 radical (unpaired) electrons. The van der Waals surface area contributed by atoms with Crippen LogP contribution in [0, 0.1) is 25.7 Å². The minimum absolute atomic E-state index is 0.165. The van der Waals surface area contributed by atoms with Gasteiger partial charge in [-0.05, 0) is 44.6 Å². The largest absolute Gasteiger partial charge is 0.466 e. The third-order valence-corrected chi connectivity index (χ3v) is 6.26. The molecule has 28 heavy (non-hydrogen) atoms. The summed E-state index contributed by atoms with van der Waals surface area (Å²) in [5, 5.41) is 18.5. The van der Waals surface area contributed by atoms with Gasteiger partial charge in [0.2, 0.25) is 0 Å². The van der Waals surface area contributed by atoms with Crippen molar-refractivity contribution in [2.75, 3.05) is 19.6 Å². The van der Waals surface area contributed by atoms with Crippen LogP contribution in [0.4, 0.5) is 0 Å². The highest BCUT2D eigenvalue weighted by atomic mass is 35.5. The Balaban J connectivity index is 1.32. The second kappa shape index (κ2) is 7.89. The molecule has 7 nitrogen and oxygen atoms in total. The fourth-order valence-corrected chi connectivity index (χ4v) is 4.83. The van der Waals surface area contributed by atoms with Crippen LogP contribution in [0.25, 0.3) is 0 Å². The Morgan fingerprint density at radius 2 is 2.07 bits per heavy atom. The van der Waals surface area contributed by atoms with Crippen LogP contribution in [0.1, 0.15) is 34.7 Å². The maximum atomic E-state index is 12.6. The smallest absolute Gasteiger partial charge is 0.255 e. The lowest BCUT2D eigenvalue weighted by molar-refractivity contribution is 0.0461. The van der Waals surface area contributed by atoms with E-state index >= 15 is 0 Å². The molecule has 1 aliphatic carbocycles. The first kappa shape index (κ1) is 19.5. The summed E-state index contributed by atoms with van der Waals surface area (Å²) >= 11 is 5.92. The highest BCUT2D eigenvalue weighted by molar-refractivity contribution is 6.30. The van der Waals surface area contributed by atoms with Crippen LogP contribution >= 0.6 is 11.6 Å². The SMILES string of the molecule is Cc1cc(C(=O)N[C@H]2C[C@H]3CN(CCn4cc(Cl)cn4)C[C@H]3C[C@@H]2O)c(C)o1. The summed E-state index contributed by atoms with van der Waals surface area (Å²) < 4.78 is 7.31. The Bertz CT molecular complexity index is 848. The molecule has 0 spiro atoms. The Kier molecular flexibility index (Phi) is 5.49. The topological polar surface area (TPSA) is 83.5 Å². The molecule has 0 bridgehead atoms. The summed E-state index contributed by atoms with van der Waals surface area (Å²) in [5.74, 6) is 2.13. The number of rotatable bonds is 5. The molecule has 1 saturated carbocycles. The van der Waals surface area contributed by atoms with Crippen molar-refractivity contribution in [2.45, 2.75) is 45.4 Å². The van der Waals surface area contributed by atoms with Crippen molar-refractivity contribution in [1.82, 2.24) is 20.0 Å². The summed E-state index contributed by atoms with van der Waals surface area (Å²) in [6.07, 6.45) is 4.50. The van der Waals surface area contributed by atoms with Gasteiger partial charge in [0.1, 0.15) is 11.5 Å². The number of nitrogens with zero attached hydrogens (tertiary/aromatic N) is 3. The fraction of sp³-hybridized carbons (Fsp3) is 0.600. The molecule has 4 rings (SSSR count). The van der Waals surface area contributed by atoms with Gasteiger partial charge in [-0.25, -0.2) is 0 Å². The van der Waals surface area contributed by atoms with Gasteiger partial charge < -0.3 is 19.7 Å². The van der Waals surface area contributed by atoms with Crippen LogP contribution < -0.4 is 5.32 Å². The first-order chi connectivity index (χ1) is 13.4. The standard InChI is InChI=1S/C20H27ClN4O3/c1-12-5-17(13(2)28-12)20(27)23-18-6-14-9-24(10-15(14)7-19(18)26)3-4-25-11-16(21)8-22-25/h5,8,11,14-15,18-19,26H,3-4,6-7,9-10H2,1-2H3,(H,23,27)/t14-,15+,18-,19-/m0/s1. The van der Waals surface area contributed by atoms with Gasteiger partial charge in [-0.1, -0.05) is 11.6 Å². The number of carbonyl (C=O) groups is 1. The Morgan fingerprint density at radius 1 is 1.32 bits per heavy atom. The highest BCUT2D eigenvalue weighted by Crippen LogP contribution is 2.36. The number of aryl methyl sites for hydroxylation is 2. The zero-order chi connectivity index (χ0) is 19.8. The number of aromatic nitrogens is 2. The van der Waals surface area contributed by atoms with E-state index < -0.39 is 6.10 Å². The molecule has 1 amide bonds. The molecular weight excluding hydrogens is 380 g/mol. The van der Waals surface area contributed by atoms with Crippen LogP contribution in [0.15, 0.2) is 22.9 Å². The van der Waals surface area contributed by atoms with Gasteiger partial charge in [-0.3, -0.25) is 9.48 Å². The number of hydrogen-bond donors (Lipinski definition) is 2. The van der Waals surface area contributed by atoms with Crippen LogP contribution in [0.5, 0.6) is 0 Å². The molecule has 2 aromatic rings. The summed E-state index contributed by atoms with van der Waals surface area (Å²) in [5.41, 5.74) is 0.553. The zero-order valence-corrected chi connectivity index (χ0v) is 17.0. The maximum absolute atomic E-state index is 12.6. The van der Waals surface area contributed by atoms with Crippen LogP contribution in [0.3, 0.4) is 0 Å². The Morgan fingerprint density at radius 3 is 2.71 bits per heavy atom. The summed E-state index contributed by atoms with van der Waals surface area (Å²) in [4.78, 5) is 15.0. The number of halogens is 1. The molecular formula is C20H27ClN4O3. The van der Waals surface area contributed by atoms with Crippen molar-refractivity contribution in [2.24, 2.45) is 11.8 Å². The molecule has 1 aliphatic heterocycles. The third kappa shape index (κ3) is 4.11. The minimum Gasteiger partial charge on any atom is -0.466 e. The molecule has 3 heterocycles. The van der Waals surface area contributed by atoms with E-state index in [0.717, 1.165) is 44.8 Å². The molecule has 0 aromatic carbocycles. The summed E-state index contributed by atoms with van der Waals surface area (Å²) in [7, 11) is 0. The molecule has 4 atom stereocenters. The molecule has 2 N–H and O–H groups in total. The number of nitrogens with one attached hydrogen (secondary N) is 1. The number of aliphatic hydroxyl groups excluding tert-OH is 1. The summed E-state index contributed by atoms with van der Waals surface area (Å²) in [6, 6.07) is 1.54. The van der Waals surface area contributed by atoms with Crippen LogP contribution in [-0.4, -0.2) is 57.5 Å². The van der Waals surface area contributed by atoms with Gasteiger partial charge in [0, 0.05) is 25.8 Å². The molecule has 2 aliphatic rings. The number of aliphatic hydroxyl groups is 1. The number of amides is 1. The van der Waals surface area contributed by atoms with Gasteiger partial charge in [0.05, 0.1) is 35.5 Å². The number of carbonyl (C=O) groups excluding carboxylic acids is 1. The Hall–Kier alpha value is -1.83. The predicted octanol–water partition coefficient (Wildman–Crippen LogP) is 2.25. The zero-order valence-electron chi connectivity index (χ0n) is 16.3. The van der Waals surface area contributed by atoms with Crippen molar-refractivity contribution in [3.63, 3.8) is 0 Å². The third-order valence-electron chi connectivity index (χ3n) is 6.07. The van der Waals surface area contributed by atoms with Crippen molar-refractivity contribution in [3.05, 3.63) is 40.6 Å². The second-order valence-electron chi connectivity index (χ2n) is 8.15. The maximum Gasteiger partial charge on any atom is 0.255 e. The van der Waals surface area contributed by atoms with Gasteiger partial charge in [-0.15, -0.1) is 0 Å². The molecule has 1 saturated heterocycles. The van der Waals surface area contributed by atoms with E-state index in [1.807, 2.05) is 17.8 Å². The first-order valence-electron chi connectivity index (χ1n) is 9.85. The van der Waals surface area contributed by atoms with E-state index in [2.05, 4.69) is 15.3 Å². The van der Waals surface area contributed by atoms with Crippen molar-refractivity contribution >= 4 is 17.5 Å². The van der Waals surface area contributed by atoms with Crippen molar-refractivity contribution in [3.8, 4) is 0 Å². The quantitative estimate of drug-likeness (QED) is 0.795. The van der Waals surface area contributed by atoms with Gasteiger partial charge >= 0.3 is 0 Å². The molecule has 152 valence electrons. The van der Waals surface area contributed by atoms with E-state index in [1.165, 1.54) is 0 Å². The lowest BCUT2D eigenvalue weighted by Gasteiger charge is -2.35. The predicted molar refractivity (Wildman–Crippen MR) is 105 cm³/mol. The average molecular weight is 407 g/mol. The first-order valence-corrected chi connectivity index (χ1v) is 10.2. The average Bonchev–Trinajstić information content (AvgIpc) is 3.31. The Labute approximate surface area is 169 Å². The van der Waals surface area contributed by atoms with E-state index in [9.17, 15) is 9.90 Å². The normalized spacial score (nSPS) is 27.7. The second-order valence-corrected chi connectivity index (χ2v) is 8.58. The minimum atomic E-state index is -0.511. The van der Waals surface area contributed by atoms with Crippen molar-refractivity contribution < 1.29 is 14.3 Å². The van der Waals surface area contributed by atoms with Gasteiger partial charge in [-0.2, -0.15) is 5.10 Å². The summed E-state index contributed by atoms with van der Waals surface area (Å²) in [6.45, 7) is 7.30. The number of furan rings is 1. The molecule has 8 heteroatoms. The lowest BCUT2D eigenvalue weighted by atomic mass is 9.77. The van der Waals surface area contributed by atoms with E-state index in [4.69, 9.17) is 16.0 Å². The molecule has 2 fully saturated rings. The lowest BCUT2D eigenvalue weighted by Crippen LogP contribution is -2.49. The number of likely N-dealkylation sites (tertiary alicyclic amines) is 1. The molecule has 0 unspecified atom stereocenters.